The van der Waals surface area contributed by atoms with E-state index in [1.807, 2.05) is 24.4 Å². The van der Waals surface area contributed by atoms with E-state index in [9.17, 15) is 4.39 Å². The lowest BCUT2D eigenvalue weighted by atomic mass is 9.62. The number of hydrogen-bond acceptors (Lipinski definition) is 7. The number of rotatable bonds is 6. The highest BCUT2D eigenvalue weighted by Gasteiger charge is 2.46. The number of likely N-dealkylation sites (N-methyl/N-ethyl adjacent to an activating group) is 1. The van der Waals surface area contributed by atoms with Gasteiger partial charge in [-0.25, -0.2) is 19.3 Å². The van der Waals surface area contributed by atoms with Gasteiger partial charge in [-0.3, -0.25) is 9.89 Å². The van der Waals surface area contributed by atoms with Gasteiger partial charge in [0.15, 0.2) is 5.82 Å². The molecule has 0 amide bonds. The summed E-state index contributed by atoms with van der Waals surface area (Å²) in [4.78, 5) is 22.9. The molecule has 0 bridgehead atoms. The SMILES string of the molecule is CCN1CCN(Cc2ccc(Nc3ncc(F)c(-c4ccc5c(c4)C4(CCC4)C(C)=N5)n3)nc2)CC1. The van der Waals surface area contributed by atoms with E-state index in [2.05, 4.69) is 56.0 Å². The molecule has 2 aromatic heterocycles. The van der Waals surface area contributed by atoms with Crippen molar-refractivity contribution in [3.8, 4) is 11.3 Å². The summed E-state index contributed by atoms with van der Waals surface area (Å²) in [6, 6.07) is 9.96. The standard InChI is InChI=1S/C28H32FN7/c1-3-35-11-13-36(14-12-35)18-20-5-8-25(30-16-20)33-27-31-17-23(29)26(34-27)21-6-7-24-22(15-21)28(9-4-10-28)19(2)32-24/h5-8,15-17H,3-4,9-14,18H2,1-2H3,(H,30,31,33,34). The van der Waals surface area contributed by atoms with Gasteiger partial charge in [0, 0.05) is 55.6 Å². The first-order valence-electron chi connectivity index (χ1n) is 12.9. The molecule has 2 fully saturated rings. The van der Waals surface area contributed by atoms with Gasteiger partial charge in [-0.05, 0) is 55.6 Å². The van der Waals surface area contributed by atoms with Crippen LogP contribution >= 0.6 is 0 Å². The number of nitrogens with one attached hydrogen (secondary N) is 1. The minimum Gasteiger partial charge on any atom is -0.309 e. The van der Waals surface area contributed by atoms with E-state index < -0.39 is 5.82 Å². The zero-order chi connectivity index (χ0) is 24.7. The molecule has 186 valence electrons. The van der Waals surface area contributed by atoms with Crippen molar-refractivity contribution in [3.05, 3.63) is 59.7 Å². The van der Waals surface area contributed by atoms with Gasteiger partial charge in [0.1, 0.15) is 11.5 Å². The second kappa shape index (κ2) is 9.33. The molecule has 6 rings (SSSR count). The second-order valence-corrected chi connectivity index (χ2v) is 10.1. The van der Waals surface area contributed by atoms with Gasteiger partial charge >= 0.3 is 0 Å². The molecule has 36 heavy (non-hydrogen) atoms. The van der Waals surface area contributed by atoms with Gasteiger partial charge in [-0.2, -0.15) is 0 Å². The first-order valence-corrected chi connectivity index (χ1v) is 12.9. The lowest BCUT2D eigenvalue weighted by molar-refractivity contribution is 0.132. The Bertz CT molecular complexity index is 1290. The van der Waals surface area contributed by atoms with Crippen LogP contribution in [0.2, 0.25) is 0 Å². The monoisotopic (exact) mass is 485 g/mol. The molecule has 3 aliphatic rings. The molecule has 4 heterocycles. The van der Waals surface area contributed by atoms with Crippen LogP contribution < -0.4 is 5.32 Å². The average molecular weight is 486 g/mol. The molecule has 3 aromatic rings. The predicted molar refractivity (Wildman–Crippen MR) is 141 cm³/mol. The number of aliphatic imine (C=N–C) groups is 1. The molecule has 7 nitrogen and oxygen atoms in total. The maximum Gasteiger partial charge on any atom is 0.229 e. The second-order valence-electron chi connectivity index (χ2n) is 10.1. The number of nitrogens with zero attached hydrogens (tertiary/aromatic N) is 6. The van der Waals surface area contributed by atoms with Gasteiger partial charge in [0.05, 0.1) is 11.9 Å². The highest BCUT2D eigenvalue weighted by Crippen LogP contribution is 2.53. The number of hydrogen-bond donors (Lipinski definition) is 1. The molecule has 1 aliphatic carbocycles. The Labute approximate surface area is 211 Å². The number of halogens is 1. The molecular formula is C28H32FN7. The van der Waals surface area contributed by atoms with Crippen LogP contribution in [0.5, 0.6) is 0 Å². The van der Waals surface area contributed by atoms with Crippen molar-refractivity contribution in [1.82, 2.24) is 24.8 Å². The fourth-order valence-corrected chi connectivity index (χ4v) is 5.67. The van der Waals surface area contributed by atoms with E-state index in [-0.39, 0.29) is 11.1 Å². The largest absolute Gasteiger partial charge is 0.309 e. The van der Waals surface area contributed by atoms with Crippen LogP contribution in [0.1, 0.15) is 44.2 Å². The third-order valence-corrected chi connectivity index (χ3v) is 8.10. The van der Waals surface area contributed by atoms with E-state index in [0.29, 0.717) is 11.8 Å². The molecule has 1 saturated carbocycles. The van der Waals surface area contributed by atoms with Crippen LogP contribution in [0.25, 0.3) is 11.3 Å². The quantitative estimate of drug-likeness (QED) is 0.525. The van der Waals surface area contributed by atoms with E-state index in [1.165, 1.54) is 29.5 Å². The Balaban J connectivity index is 1.17. The summed E-state index contributed by atoms with van der Waals surface area (Å²) in [6.45, 7) is 10.7. The molecule has 1 N–H and O–H groups in total. The molecule has 0 unspecified atom stereocenters. The van der Waals surface area contributed by atoms with Crippen molar-refractivity contribution in [1.29, 1.82) is 0 Å². The summed E-state index contributed by atoms with van der Waals surface area (Å²) in [5.41, 5.74) is 5.61. The number of pyridine rings is 1. The van der Waals surface area contributed by atoms with E-state index in [4.69, 9.17) is 4.99 Å². The van der Waals surface area contributed by atoms with Crippen LogP contribution in [0.15, 0.2) is 47.7 Å². The molecular weight excluding hydrogens is 453 g/mol. The highest BCUT2D eigenvalue weighted by atomic mass is 19.1. The summed E-state index contributed by atoms with van der Waals surface area (Å²) < 4.78 is 14.8. The van der Waals surface area contributed by atoms with Gasteiger partial charge in [0.2, 0.25) is 5.95 Å². The van der Waals surface area contributed by atoms with Crippen LogP contribution in [-0.2, 0) is 12.0 Å². The van der Waals surface area contributed by atoms with Crippen LogP contribution in [0.3, 0.4) is 0 Å². The molecule has 1 spiro atoms. The maximum absolute atomic E-state index is 14.8. The topological polar surface area (TPSA) is 69.5 Å². The Morgan fingerprint density at radius 2 is 1.81 bits per heavy atom. The third kappa shape index (κ3) is 4.18. The minimum absolute atomic E-state index is 0.0329. The van der Waals surface area contributed by atoms with Crippen molar-refractivity contribution in [3.63, 3.8) is 0 Å². The summed E-state index contributed by atoms with van der Waals surface area (Å²) >= 11 is 0. The molecule has 1 saturated heterocycles. The summed E-state index contributed by atoms with van der Waals surface area (Å²) in [6.07, 6.45) is 6.53. The fraction of sp³-hybridized carbons (Fsp3) is 0.429. The molecule has 8 heteroatoms. The minimum atomic E-state index is -0.440. The molecule has 0 radical (unpaired) electrons. The molecule has 0 atom stereocenters. The van der Waals surface area contributed by atoms with E-state index in [0.717, 1.165) is 63.4 Å². The first kappa shape index (κ1) is 23.2. The number of fused-ring (bicyclic) bond motifs is 2. The number of aromatic nitrogens is 3. The van der Waals surface area contributed by atoms with E-state index >= 15 is 0 Å². The Kier molecular flexibility index (Phi) is 6.01. The van der Waals surface area contributed by atoms with Crippen molar-refractivity contribution >= 4 is 23.2 Å². The number of benzene rings is 1. The predicted octanol–water partition coefficient (Wildman–Crippen LogP) is 5.09. The number of anilines is 2. The Morgan fingerprint density at radius 1 is 1.00 bits per heavy atom. The highest BCUT2D eigenvalue weighted by molar-refractivity contribution is 6.01. The normalized spacial score (nSPS) is 19.1. The van der Waals surface area contributed by atoms with Crippen molar-refractivity contribution in [2.45, 2.75) is 45.1 Å². The van der Waals surface area contributed by atoms with Crippen LogP contribution in [-0.4, -0.2) is 63.2 Å². The molecule has 1 aromatic carbocycles. The third-order valence-electron chi connectivity index (χ3n) is 8.10. The van der Waals surface area contributed by atoms with Crippen molar-refractivity contribution in [2.75, 3.05) is 38.0 Å². The van der Waals surface area contributed by atoms with Gasteiger partial charge in [-0.1, -0.05) is 25.5 Å². The van der Waals surface area contributed by atoms with Crippen molar-refractivity contribution < 1.29 is 4.39 Å². The van der Waals surface area contributed by atoms with Gasteiger partial charge in [0.25, 0.3) is 0 Å². The lowest BCUT2D eigenvalue weighted by Crippen LogP contribution is -2.45. The van der Waals surface area contributed by atoms with E-state index in [1.54, 1.807) is 0 Å². The Morgan fingerprint density at radius 3 is 2.50 bits per heavy atom. The van der Waals surface area contributed by atoms with Gasteiger partial charge in [-0.15, -0.1) is 0 Å². The summed E-state index contributed by atoms with van der Waals surface area (Å²) in [5.74, 6) is 0.525. The smallest absolute Gasteiger partial charge is 0.229 e. The molecule has 2 aliphatic heterocycles. The summed E-state index contributed by atoms with van der Waals surface area (Å²) in [5, 5.41) is 3.14. The Hall–Kier alpha value is -3.23. The van der Waals surface area contributed by atoms with Crippen LogP contribution in [0.4, 0.5) is 21.8 Å². The van der Waals surface area contributed by atoms with Crippen LogP contribution in [0, 0.1) is 5.82 Å². The van der Waals surface area contributed by atoms with Gasteiger partial charge < -0.3 is 10.2 Å². The zero-order valence-corrected chi connectivity index (χ0v) is 21.0. The average Bonchev–Trinajstić information content (AvgIpc) is 3.18. The maximum atomic E-state index is 14.8. The van der Waals surface area contributed by atoms with Crippen molar-refractivity contribution in [2.24, 2.45) is 4.99 Å². The fourth-order valence-electron chi connectivity index (χ4n) is 5.67. The zero-order valence-electron chi connectivity index (χ0n) is 21.0. The summed E-state index contributed by atoms with van der Waals surface area (Å²) in [7, 11) is 0. The lowest BCUT2D eigenvalue weighted by Gasteiger charge is -2.39. The first-order chi connectivity index (χ1) is 17.5. The number of piperazine rings is 1.